The molecule has 0 spiro atoms. The number of carbonyl (C=O) groups is 1. The highest BCUT2D eigenvalue weighted by molar-refractivity contribution is 7.07. The second kappa shape index (κ2) is 4.80. The molecular weight excluding hydrogens is 204 g/mol. The van der Waals surface area contributed by atoms with Crippen molar-refractivity contribution in [3.8, 4) is 0 Å². The largest absolute Gasteiger partial charge is 0.447 e. The van der Waals surface area contributed by atoms with E-state index in [0.717, 1.165) is 11.3 Å². The number of nitrogens with one attached hydrogen (secondary N) is 2. The van der Waals surface area contributed by atoms with Crippen molar-refractivity contribution < 1.29 is 9.53 Å². The van der Waals surface area contributed by atoms with Crippen LogP contribution >= 0.6 is 11.3 Å². The Bertz CT molecular complexity index is 355. The lowest BCUT2D eigenvalue weighted by Gasteiger charge is -2.08. The van der Waals surface area contributed by atoms with E-state index in [-0.39, 0.29) is 17.5 Å². The Morgan fingerprint density at radius 2 is 2.43 bits per heavy atom. The molecule has 0 aliphatic rings. The number of aromatic nitrogens is 1. The van der Waals surface area contributed by atoms with Gasteiger partial charge in [-0.15, -0.1) is 0 Å². The summed E-state index contributed by atoms with van der Waals surface area (Å²) in [5, 5.41) is 4.18. The lowest BCUT2D eigenvalue weighted by Crippen LogP contribution is -2.26. The Kier molecular flexibility index (Phi) is 3.70. The van der Waals surface area contributed by atoms with Crippen molar-refractivity contribution >= 4 is 17.4 Å². The molecule has 0 aliphatic carbocycles. The summed E-state index contributed by atoms with van der Waals surface area (Å²) in [6, 6.07) is 0. The topological polar surface area (TPSA) is 71.2 Å². The summed E-state index contributed by atoms with van der Waals surface area (Å²) < 4.78 is 4.84. The Labute approximate surface area is 85.1 Å². The van der Waals surface area contributed by atoms with Crippen LogP contribution in [0.2, 0.25) is 0 Å². The van der Waals surface area contributed by atoms with Gasteiger partial charge in [0.2, 0.25) is 0 Å². The molecule has 2 N–H and O–H groups in total. The van der Waals surface area contributed by atoms with Gasteiger partial charge in [0, 0.05) is 11.1 Å². The summed E-state index contributed by atoms with van der Waals surface area (Å²) in [7, 11) is 0. The first kappa shape index (κ1) is 10.8. The zero-order chi connectivity index (χ0) is 10.6. The highest BCUT2D eigenvalue weighted by Crippen LogP contribution is 1.95. The standard InChI is InChI=1S/C8H12N2O3S/c1-5(2)13-7(11)9-3-6-4-14-8(12)10-6/h4-5H,3H2,1-2H3,(H,9,11)(H,10,12). The Hall–Kier alpha value is -1.30. The molecule has 1 aromatic heterocycles. The summed E-state index contributed by atoms with van der Waals surface area (Å²) in [5.41, 5.74) is 0.681. The van der Waals surface area contributed by atoms with Gasteiger partial charge in [0.1, 0.15) is 0 Å². The molecule has 1 heterocycles. The van der Waals surface area contributed by atoms with E-state index in [2.05, 4.69) is 10.3 Å². The average molecular weight is 216 g/mol. The maximum absolute atomic E-state index is 11.0. The van der Waals surface area contributed by atoms with Crippen LogP contribution in [0.5, 0.6) is 0 Å². The van der Waals surface area contributed by atoms with Gasteiger partial charge in [-0.1, -0.05) is 11.3 Å². The third kappa shape index (κ3) is 3.61. The van der Waals surface area contributed by atoms with Crippen LogP contribution < -0.4 is 10.2 Å². The molecule has 0 bridgehead atoms. The lowest BCUT2D eigenvalue weighted by atomic mass is 10.5. The summed E-state index contributed by atoms with van der Waals surface area (Å²) in [6.07, 6.45) is -0.622. The van der Waals surface area contributed by atoms with E-state index in [0.29, 0.717) is 5.69 Å². The molecule has 0 saturated carbocycles. The van der Waals surface area contributed by atoms with Crippen LogP contribution in [0.15, 0.2) is 10.2 Å². The van der Waals surface area contributed by atoms with Gasteiger partial charge in [0.15, 0.2) is 0 Å². The van der Waals surface area contributed by atoms with E-state index < -0.39 is 6.09 Å². The van der Waals surface area contributed by atoms with Gasteiger partial charge < -0.3 is 15.0 Å². The van der Waals surface area contributed by atoms with Gasteiger partial charge in [-0.3, -0.25) is 4.79 Å². The SMILES string of the molecule is CC(C)OC(=O)NCc1csc(=O)[nH]1. The number of hydrogen-bond acceptors (Lipinski definition) is 4. The Balaban J connectivity index is 2.34. The number of alkyl carbamates (subject to hydrolysis) is 1. The molecule has 6 heteroatoms. The fraction of sp³-hybridized carbons (Fsp3) is 0.500. The predicted molar refractivity (Wildman–Crippen MR) is 53.4 cm³/mol. The number of hydrogen-bond donors (Lipinski definition) is 2. The van der Waals surface area contributed by atoms with Crippen LogP contribution in [0.3, 0.4) is 0 Å². The van der Waals surface area contributed by atoms with Crippen LogP contribution in [0.25, 0.3) is 0 Å². The van der Waals surface area contributed by atoms with Crippen molar-refractivity contribution in [3.63, 3.8) is 0 Å². The monoisotopic (exact) mass is 216 g/mol. The Morgan fingerprint density at radius 3 is 2.93 bits per heavy atom. The van der Waals surface area contributed by atoms with Gasteiger partial charge in [0.25, 0.3) is 0 Å². The van der Waals surface area contributed by atoms with Crippen molar-refractivity contribution in [3.05, 3.63) is 20.7 Å². The van der Waals surface area contributed by atoms with Crippen molar-refractivity contribution in [1.29, 1.82) is 0 Å². The molecule has 1 amide bonds. The van der Waals surface area contributed by atoms with E-state index in [1.165, 1.54) is 0 Å². The predicted octanol–water partition coefficient (Wildman–Crippen LogP) is 1.07. The second-order valence-electron chi connectivity index (χ2n) is 2.98. The molecule has 0 fully saturated rings. The molecule has 1 rings (SSSR count). The minimum atomic E-state index is -0.480. The van der Waals surface area contributed by atoms with Gasteiger partial charge in [0.05, 0.1) is 12.6 Å². The number of aromatic amines is 1. The first-order chi connectivity index (χ1) is 6.58. The Morgan fingerprint density at radius 1 is 1.71 bits per heavy atom. The fourth-order valence-electron chi connectivity index (χ4n) is 0.824. The van der Waals surface area contributed by atoms with Crippen molar-refractivity contribution in [2.24, 2.45) is 0 Å². The van der Waals surface area contributed by atoms with Gasteiger partial charge in [-0.05, 0) is 13.8 Å². The molecule has 0 atom stereocenters. The highest BCUT2D eigenvalue weighted by atomic mass is 32.1. The number of ether oxygens (including phenoxy) is 1. The van der Waals surface area contributed by atoms with Gasteiger partial charge in [-0.25, -0.2) is 4.79 Å². The van der Waals surface area contributed by atoms with Crippen molar-refractivity contribution in [2.45, 2.75) is 26.5 Å². The average Bonchev–Trinajstić information content (AvgIpc) is 2.47. The summed E-state index contributed by atoms with van der Waals surface area (Å²) in [6.45, 7) is 3.82. The van der Waals surface area contributed by atoms with Crippen molar-refractivity contribution in [1.82, 2.24) is 10.3 Å². The van der Waals surface area contributed by atoms with E-state index in [1.807, 2.05) is 0 Å². The van der Waals surface area contributed by atoms with Crippen LogP contribution in [0, 0.1) is 0 Å². The summed E-state index contributed by atoms with van der Waals surface area (Å²) in [5.74, 6) is 0. The van der Waals surface area contributed by atoms with Crippen molar-refractivity contribution in [2.75, 3.05) is 0 Å². The van der Waals surface area contributed by atoms with Crippen LogP contribution in [-0.2, 0) is 11.3 Å². The van der Waals surface area contributed by atoms with Gasteiger partial charge >= 0.3 is 11.0 Å². The number of H-pyrrole nitrogens is 1. The molecule has 78 valence electrons. The molecule has 14 heavy (non-hydrogen) atoms. The third-order valence-corrected chi connectivity index (χ3v) is 2.06. The minimum absolute atomic E-state index is 0.126. The van der Waals surface area contributed by atoms with Gasteiger partial charge in [-0.2, -0.15) is 0 Å². The molecule has 0 radical (unpaired) electrons. The molecule has 5 nitrogen and oxygen atoms in total. The van der Waals surface area contributed by atoms with E-state index in [1.54, 1.807) is 19.2 Å². The maximum atomic E-state index is 11.0. The first-order valence-corrected chi connectivity index (χ1v) is 5.07. The normalized spacial score (nSPS) is 10.2. The number of rotatable bonds is 3. The lowest BCUT2D eigenvalue weighted by molar-refractivity contribution is 0.115. The van der Waals surface area contributed by atoms with Crippen LogP contribution in [0.4, 0.5) is 4.79 Å². The highest BCUT2D eigenvalue weighted by Gasteiger charge is 2.04. The zero-order valence-electron chi connectivity index (χ0n) is 7.99. The molecule has 0 aliphatic heterocycles. The van der Waals surface area contributed by atoms with E-state index in [4.69, 9.17) is 4.74 Å². The first-order valence-electron chi connectivity index (χ1n) is 4.19. The minimum Gasteiger partial charge on any atom is -0.447 e. The third-order valence-electron chi connectivity index (χ3n) is 1.34. The molecule has 0 unspecified atom stereocenters. The number of amides is 1. The van der Waals surface area contributed by atoms with E-state index >= 15 is 0 Å². The van der Waals surface area contributed by atoms with Crippen LogP contribution in [-0.4, -0.2) is 17.2 Å². The quantitative estimate of drug-likeness (QED) is 0.794. The molecular formula is C8H12N2O3S. The smallest absolute Gasteiger partial charge is 0.407 e. The maximum Gasteiger partial charge on any atom is 0.407 e. The van der Waals surface area contributed by atoms with Crippen LogP contribution in [0.1, 0.15) is 19.5 Å². The van der Waals surface area contributed by atoms with E-state index in [9.17, 15) is 9.59 Å². The molecule has 1 aromatic rings. The second-order valence-corrected chi connectivity index (χ2v) is 3.82. The summed E-state index contributed by atoms with van der Waals surface area (Å²) >= 11 is 1.07. The number of carbonyl (C=O) groups excluding carboxylic acids is 1. The molecule has 0 aromatic carbocycles. The number of thiazole rings is 1. The summed E-state index contributed by atoms with van der Waals surface area (Å²) in [4.78, 5) is 24.2. The zero-order valence-corrected chi connectivity index (χ0v) is 8.81. The fourth-order valence-corrected chi connectivity index (χ4v) is 1.41. The molecule has 0 saturated heterocycles.